The molecule has 12 rings (SSSR count). The van der Waals surface area contributed by atoms with Crippen LogP contribution in [0.1, 0.15) is 22.3 Å². The lowest BCUT2D eigenvalue weighted by molar-refractivity contribution is 0.669. The van der Waals surface area contributed by atoms with Gasteiger partial charge >= 0.3 is 0 Å². The quantitative estimate of drug-likeness (QED) is 0.160. The molecule has 10 aromatic carbocycles. The number of rotatable bonds is 7. The Morgan fingerprint density at radius 1 is 0.344 bits per heavy atom. The highest BCUT2D eigenvalue weighted by Crippen LogP contribution is 2.60. The molecule has 0 aliphatic heterocycles. The SMILES string of the molecule is c1ccc(C2(c3ccccc3)c3ccccc3-c3c(N(c4cccc(-c5cccc6ccccc56)c4)c4ccccc4-c4ccc5c(c4)oc4ccccc45)cccc32)cc1. The Bertz CT molecular complexity index is 3390. The summed E-state index contributed by atoms with van der Waals surface area (Å²) in [6.45, 7) is 0. The second-order valence-corrected chi connectivity index (χ2v) is 16.0. The lowest BCUT2D eigenvalue weighted by Gasteiger charge is -2.34. The molecule has 0 N–H and O–H groups in total. The van der Waals surface area contributed by atoms with E-state index >= 15 is 0 Å². The Morgan fingerprint density at radius 3 is 1.75 bits per heavy atom. The Kier molecular flexibility index (Phi) is 8.11. The van der Waals surface area contributed by atoms with Crippen LogP contribution in [0.4, 0.5) is 17.1 Å². The maximum Gasteiger partial charge on any atom is 0.136 e. The van der Waals surface area contributed by atoms with Gasteiger partial charge in [-0.1, -0.05) is 194 Å². The van der Waals surface area contributed by atoms with Crippen LogP contribution >= 0.6 is 0 Å². The van der Waals surface area contributed by atoms with E-state index in [-0.39, 0.29) is 0 Å². The van der Waals surface area contributed by atoms with Gasteiger partial charge in [-0.3, -0.25) is 0 Å². The van der Waals surface area contributed by atoms with E-state index in [1.54, 1.807) is 0 Å². The van der Waals surface area contributed by atoms with Gasteiger partial charge in [0.2, 0.25) is 0 Å². The van der Waals surface area contributed by atoms with Crippen molar-refractivity contribution in [3.63, 3.8) is 0 Å². The minimum absolute atomic E-state index is 0.535. The molecule has 0 radical (unpaired) electrons. The van der Waals surface area contributed by atoms with Crippen molar-refractivity contribution >= 4 is 49.8 Å². The largest absolute Gasteiger partial charge is 0.456 e. The van der Waals surface area contributed by atoms with Crippen LogP contribution in [0.25, 0.3) is 66.1 Å². The first-order valence-corrected chi connectivity index (χ1v) is 21.0. The molecule has 1 aliphatic rings. The molecule has 2 heteroatoms. The molecular formula is C59H39NO. The molecule has 2 nitrogen and oxygen atoms in total. The Morgan fingerprint density at radius 2 is 0.918 bits per heavy atom. The molecule has 0 spiro atoms. The van der Waals surface area contributed by atoms with Crippen molar-refractivity contribution in [2.45, 2.75) is 5.41 Å². The highest BCUT2D eigenvalue weighted by Gasteiger charge is 2.47. The Balaban J connectivity index is 1.15. The highest BCUT2D eigenvalue weighted by molar-refractivity contribution is 6.07. The molecule has 11 aromatic rings. The normalized spacial score (nSPS) is 12.7. The fraction of sp³-hybridized carbons (Fsp3) is 0.0169. The molecule has 286 valence electrons. The van der Waals surface area contributed by atoms with Crippen molar-refractivity contribution in [1.29, 1.82) is 0 Å². The van der Waals surface area contributed by atoms with Crippen LogP contribution in [0.3, 0.4) is 0 Å². The number of furan rings is 1. The number of nitrogens with zero attached hydrogens (tertiary/aromatic N) is 1. The summed E-state index contributed by atoms with van der Waals surface area (Å²) < 4.78 is 6.48. The van der Waals surface area contributed by atoms with Gasteiger partial charge in [0.05, 0.1) is 16.8 Å². The summed E-state index contributed by atoms with van der Waals surface area (Å²) in [4.78, 5) is 2.49. The van der Waals surface area contributed by atoms with E-state index in [0.29, 0.717) is 0 Å². The third-order valence-electron chi connectivity index (χ3n) is 12.7. The molecule has 0 saturated heterocycles. The van der Waals surface area contributed by atoms with Crippen LogP contribution < -0.4 is 4.90 Å². The zero-order valence-electron chi connectivity index (χ0n) is 33.4. The van der Waals surface area contributed by atoms with Gasteiger partial charge in [0.1, 0.15) is 11.2 Å². The fourth-order valence-corrected chi connectivity index (χ4v) is 10.2. The average molecular weight is 778 g/mol. The van der Waals surface area contributed by atoms with E-state index in [0.717, 1.165) is 55.7 Å². The standard InChI is InChI=1S/C59H39NO/c1-3-21-43(22-4-1)59(44-23-5-2-6-24-44)52-31-12-9-29-51(52)58-53(59)32-17-34-55(58)60(45-25-15-20-41(38-45)47-30-16-19-40-18-7-8-26-46(40)47)54-33-13-10-27-48(54)42-36-37-50-49-28-11-14-35-56(49)61-57(50)39-42/h1-39H. The smallest absolute Gasteiger partial charge is 0.136 e. The second kappa shape index (κ2) is 14.1. The van der Waals surface area contributed by atoms with Gasteiger partial charge in [-0.05, 0) is 97.7 Å². The lowest BCUT2D eigenvalue weighted by atomic mass is 9.68. The minimum Gasteiger partial charge on any atom is -0.456 e. The van der Waals surface area contributed by atoms with Gasteiger partial charge in [0.25, 0.3) is 0 Å². The monoisotopic (exact) mass is 777 g/mol. The van der Waals surface area contributed by atoms with Crippen molar-refractivity contribution in [1.82, 2.24) is 0 Å². The molecule has 0 bridgehead atoms. The number of fused-ring (bicyclic) bond motifs is 7. The first-order chi connectivity index (χ1) is 30.3. The Hall–Kier alpha value is -7.94. The molecule has 0 saturated carbocycles. The summed E-state index contributed by atoms with van der Waals surface area (Å²) in [7, 11) is 0. The summed E-state index contributed by atoms with van der Waals surface area (Å²) >= 11 is 0. The van der Waals surface area contributed by atoms with Crippen LogP contribution in [0.2, 0.25) is 0 Å². The van der Waals surface area contributed by atoms with E-state index in [1.807, 2.05) is 12.1 Å². The third-order valence-corrected chi connectivity index (χ3v) is 12.7. The topological polar surface area (TPSA) is 16.4 Å². The fourth-order valence-electron chi connectivity index (χ4n) is 10.2. The van der Waals surface area contributed by atoms with Crippen LogP contribution in [-0.2, 0) is 5.41 Å². The van der Waals surface area contributed by atoms with Gasteiger partial charge in [-0.2, -0.15) is 0 Å². The zero-order valence-corrected chi connectivity index (χ0v) is 33.4. The van der Waals surface area contributed by atoms with Gasteiger partial charge in [-0.15, -0.1) is 0 Å². The van der Waals surface area contributed by atoms with E-state index in [9.17, 15) is 0 Å². The second-order valence-electron chi connectivity index (χ2n) is 16.0. The molecular weight excluding hydrogens is 739 g/mol. The number of benzene rings is 10. The summed E-state index contributed by atoms with van der Waals surface area (Å²) in [6, 6.07) is 86.2. The summed E-state index contributed by atoms with van der Waals surface area (Å²) in [6.07, 6.45) is 0. The number of hydrogen-bond donors (Lipinski definition) is 0. The molecule has 1 heterocycles. The van der Waals surface area contributed by atoms with Gasteiger partial charge in [-0.25, -0.2) is 0 Å². The predicted octanol–water partition coefficient (Wildman–Crippen LogP) is 15.9. The van der Waals surface area contributed by atoms with Crippen molar-refractivity contribution in [3.05, 3.63) is 259 Å². The van der Waals surface area contributed by atoms with E-state index < -0.39 is 5.41 Å². The lowest BCUT2D eigenvalue weighted by Crippen LogP contribution is -2.28. The number of para-hydroxylation sites is 2. The average Bonchev–Trinajstić information content (AvgIpc) is 3.86. The molecule has 0 amide bonds. The summed E-state index contributed by atoms with van der Waals surface area (Å²) in [5.74, 6) is 0. The molecule has 1 aliphatic carbocycles. The van der Waals surface area contributed by atoms with Crippen LogP contribution in [0.5, 0.6) is 0 Å². The predicted molar refractivity (Wildman–Crippen MR) is 254 cm³/mol. The van der Waals surface area contributed by atoms with E-state index in [2.05, 4.69) is 229 Å². The number of anilines is 3. The van der Waals surface area contributed by atoms with Crippen molar-refractivity contribution < 1.29 is 4.42 Å². The zero-order chi connectivity index (χ0) is 40.3. The van der Waals surface area contributed by atoms with Crippen molar-refractivity contribution in [2.24, 2.45) is 0 Å². The molecule has 1 aromatic heterocycles. The van der Waals surface area contributed by atoms with Crippen LogP contribution in [0, 0.1) is 0 Å². The molecule has 61 heavy (non-hydrogen) atoms. The molecule has 0 atom stereocenters. The number of hydrogen-bond acceptors (Lipinski definition) is 2. The van der Waals surface area contributed by atoms with Crippen LogP contribution in [0.15, 0.2) is 241 Å². The van der Waals surface area contributed by atoms with Crippen LogP contribution in [-0.4, -0.2) is 0 Å². The van der Waals surface area contributed by atoms with Crippen molar-refractivity contribution in [3.8, 4) is 33.4 Å². The van der Waals surface area contributed by atoms with Gasteiger partial charge in [0.15, 0.2) is 0 Å². The summed E-state index contributed by atoms with van der Waals surface area (Å²) in [5.41, 5.74) is 16.6. The van der Waals surface area contributed by atoms with Crippen molar-refractivity contribution in [2.75, 3.05) is 4.90 Å². The molecule has 0 fully saturated rings. The highest BCUT2D eigenvalue weighted by atomic mass is 16.3. The summed E-state index contributed by atoms with van der Waals surface area (Å²) in [5, 5.41) is 4.71. The maximum absolute atomic E-state index is 6.48. The minimum atomic E-state index is -0.535. The van der Waals surface area contributed by atoms with Gasteiger partial charge in [0, 0.05) is 27.6 Å². The van der Waals surface area contributed by atoms with E-state index in [1.165, 1.54) is 49.7 Å². The molecule has 0 unspecified atom stereocenters. The first-order valence-electron chi connectivity index (χ1n) is 21.0. The third kappa shape index (κ3) is 5.43. The maximum atomic E-state index is 6.48. The Labute approximate surface area is 355 Å². The van der Waals surface area contributed by atoms with Gasteiger partial charge < -0.3 is 9.32 Å². The van der Waals surface area contributed by atoms with E-state index in [4.69, 9.17) is 4.42 Å². The first kappa shape index (κ1) is 35.0.